The summed E-state index contributed by atoms with van der Waals surface area (Å²) < 4.78 is 12.7. The molecule has 2 aromatic rings. The molecule has 0 aliphatic carbocycles. The topological polar surface area (TPSA) is 66.2 Å². The predicted octanol–water partition coefficient (Wildman–Crippen LogP) is 2.89. The average Bonchev–Trinajstić information content (AvgIpc) is 3.01. The second kappa shape index (κ2) is 6.86. The third kappa shape index (κ3) is 3.83. The van der Waals surface area contributed by atoms with Gasteiger partial charge in [0.1, 0.15) is 18.2 Å². The Bertz CT molecular complexity index is 744. The number of esters is 1. The summed E-state index contributed by atoms with van der Waals surface area (Å²) in [6, 6.07) is 8.16. The molecule has 25 heavy (non-hydrogen) atoms. The van der Waals surface area contributed by atoms with Crippen LogP contribution in [0.1, 0.15) is 44.4 Å². The standard InChI is InChI=1S/C19H25N3O3/c1-19(2,3)14-5-7-15(8-6-14)25-12-17-21-20-16-11-13(18(23)24-4)9-10-22(16)17/h5-8,13H,9-12H2,1-4H3. The van der Waals surface area contributed by atoms with Crippen LogP contribution in [0.4, 0.5) is 0 Å². The molecule has 3 rings (SSSR count). The molecule has 1 aliphatic rings. The Hall–Kier alpha value is -2.37. The fourth-order valence-corrected chi connectivity index (χ4v) is 3.06. The summed E-state index contributed by atoms with van der Waals surface area (Å²) in [7, 11) is 1.42. The van der Waals surface area contributed by atoms with Crippen molar-refractivity contribution in [3.8, 4) is 5.75 Å². The summed E-state index contributed by atoms with van der Waals surface area (Å²) in [4.78, 5) is 11.7. The first-order valence-corrected chi connectivity index (χ1v) is 8.60. The van der Waals surface area contributed by atoms with Gasteiger partial charge in [0.15, 0.2) is 5.82 Å². The average molecular weight is 343 g/mol. The van der Waals surface area contributed by atoms with E-state index in [9.17, 15) is 4.79 Å². The molecule has 134 valence electrons. The molecule has 1 aromatic carbocycles. The lowest BCUT2D eigenvalue weighted by molar-refractivity contribution is -0.146. The molecule has 1 aromatic heterocycles. The summed E-state index contributed by atoms with van der Waals surface area (Å²) in [5, 5.41) is 8.43. The van der Waals surface area contributed by atoms with E-state index in [0.29, 0.717) is 19.6 Å². The number of methoxy groups -OCH3 is 1. The number of hydrogen-bond donors (Lipinski definition) is 0. The SMILES string of the molecule is COC(=O)C1CCn2c(COc3ccc(C(C)(C)C)cc3)nnc2C1. The van der Waals surface area contributed by atoms with Crippen LogP contribution in [0.2, 0.25) is 0 Å². The highest BCUT2D eigenvalue weighted by Crippen LogP contribution is 2.25. The Balaban J connectivity index is 1.64. The van der Waals surface area contributed by atoms with Crippen molar-refractivity contribution >= 4 is 5.97 Å². The number of ether oxygens (including phenoxy) is 2. The Kier molecular flexibility index (Phi) is 4.79. The van der Waals surface area contributed by atoms with Crippen molar-refractivity contribution in [1.82, 2.24) is 14.8 Å². The smallest absolute Gasteiger partial charge is 0.309 e. The van der Waals surface area contributed by atoms with E-state index in [-0.39, 0.29) is 17.3 Å². The molecule has 1 atom stereocenters. The van der Waals surface area contributed by atoms with Crippen LogP contribution in [0.15, 0.2) is 24.3 Å². The number of carbonyl (C=O) groups excluding carboxylic acids is 1. The molecule has 0 bridgehead atoms. The first kappa shape index (κ1) is 17.5. The maximum atomic E-state index is 11.7. The lowest BCUT2D eigenvalue weighted by Gasteiger charge is -2.21. The van der Waals surface area contributed by atoms with Crippen molar-refractivity contribution in [2.45, 2.75) is 52.2 Å². The minimum Gasteiger partial charge on any atom is -0.486 e. The summed E-state index contributed by atoms with van der Waals surface area (Å²) >= 11 is 0. The Morgan fingerprint density at radius 1 is 1.24 bits per heavy atom. The van der Waals surface area contributed by atoms with Crippen molar-refractivity contribution < 1.29 is 14.3 Å². The third-order valence-electron chi connectivity index (χ3n) is 4.66. The van der Waals surface area contributed by atoms with E-state index < -0.39 is 0 Å². The highest BCUT2D eigenvalue weighted by atomic mass is 16.5. The molecule has 6 heteroatoms. The van der Waals surface area contributed by atoms with Crippen LogP contribution >= 0.6 is 0 Å². The monoisotopic (exact) mass is 343 g/mol. The number of aromatic nitrogens is 3. The molecule has 0 saturated carbocycles. The van der Waals surface area contributed by atoms with E-state index in [2.05, 4.69) is 43.1 Å². The highest BCUT2D eigenvalue weighted by molar-refractivity contribution is 5.72. The second-order valence-corrected chi connectivity index (χ2v) is 7.46. The van der Waals surface area contributed by atoms with Gasteiger partial charge < -0.3 is 14.0 Å². The molecule has 0 spiro atoms. The number of hydrogen-bond acceptors (Lipinski definition) is 5. The van der Waals surface area contributed by atoms with Crippen LogP contribution in [0.5, 0.6) is 5.75 Å². The van der Waals surface area contributed by atoms with E-state index in [1.54, 1.807) is 0 Å². The Morgan fingerprint density at radius 2 is 1.96 bits per heavy atom. The van der Waals surface area contributed by atoms with Gasteiger partial charge in [-0.25, -0.2) is 0 Å². The van der Waals surface area contributed by atoms with Crippen molar-refractivity contribution in [3.63, 3.8) is 0 Å². The van der Waals surface area contributed by atoms with Crippen molar-refractivity contribution in [3.05, 3.63) is 41.5 Å². The molecule has 1 aliphatic heterocycles. The van der Waals surface area contributed by atoms with Gasteiger partial charge in [0.05, 0.1) is 13.0 Å². The van der Waals surface area contributed by atoms with Gasteiger partial charge in [-0.1, -0.05) is 32.9 Å². The molecule has 1 unspecified atom stereocenters. The quantitative estimate of drug-likeness (QED) is 0.799. The molecule has 0 N–H and O–H groups in total. The molecule has 0 fully saturated rings. The van der Waals surface area contributed by atoms with Crippen LogP contribution in [-0.4, -0.2) is 27.8 Å². The number of rotatable bonds is 4. The fourth-order valence-electron chi connectivity index (χ4n) is 3.06. The minimum atomic E-state index is -0.175. The Morgan fingerprint density at radius 3 is 2.60 bits per heavy atom. The zero-order chi connectivity index (χ0) is 18.0. The van der Waals surface area contributed by atoms with Crippen molar-refractivity contribution in [2.24, 2.45) is 5.92 Å². The van der Waals surface area contributed by atoms with E-state index >= 15 is 0 Å². The fraction of sp³-hybridized carbons (Fsp3) is 0.526. The number of nitrogens with zero attached hydrogens (tertiary/aromatic N) is 3. The van der Waals surface area contributed by atoms with Crippen LogP contribution in [0.3, 0.4) is 0 Å². The van der Waals surface area contributed by atoms with E-state index in [1.165, 1.54) is 12.7 Å². The first-order chi connectivity index (χ1) is 11.9. The van der Waals surface area contributed by atoms with E-state index in [0.717, 1.165) is 23.8 Å². The summed E-state index contributed by atoms with van der Waals surface area (Å²) in [5.41, 5.74) is 1.40. The van der Waals surface area contributed by atoms with Gasteiger partial charge in [0.25, 0.3) is 0 Å². The highest BCUT2D eigenvalue weighted by Gasteiger charge is 2.28. The van der Waals surface area contributed by atoms with Gasteiger partial charge in [0, 0.05) is 13.0 Å². The minimum absolute atomic E-state index is 0.125. The maximum Gasteiger partial charge on any atom is 0.309 e. The normalized spacial score (nSPS) is 17.0. The van der Waals surface area contributed by atoms with E-state index in [4.69, 9.17) is 9.47 Å². The predicted molar refractivity (Wildman–Crippen MR) is 93.3 cm³/mol. The van der Waals surface area contributed by atoms with Gasteiger partial charge in [0.2, 0.25) is 0 Å². The lowest BCUT2D eigenvalue weighted by Crippen LogP contribution is -2.27. The number of fused-ring (bicyclic) bond motifs is 1. The summed E-state index contributed by atoms with van der Waals surface area (Å²) in [6.45, 7) is 7.64. The molecule has 0 amide bonds. The summed E-state index contributed by atoms with van der Waals surface area (Å²) in [6.07, 6.45) is 1.31. The zero-order valence-corrected chi connectivity index (χ0v) is 15.3. The first-order valence-electron chi connectivity index (χ1n) is 8.60. The van der Waals surface area contributed by atoms with E-state index in [1.807, 2.05) is 16.7 Å². The maximum absolute atomic E-state index is 11.7. The lowest BCUT2D eigenvalue weighted by atomic mass is 9.87. The largest absolute Gasteiger partial charge is 0.486 e. The number of carbonyl (C=O) groups is 1. The molecule has 0 radical (unpaired) electrons. The Labute approximate surface area is 148 Å². The molecular weight excluding hydrogens is 318 g/mol. The second-order valence-electron chi connectivity index (χ2n) is 7.46. The third-order valence-corrected chi connectivity index (χ3v) is 4.66. The van der Waals surface area contributed by atoms with Crippen LogP contribution in [0.25, 0.3) is 0 Å². The zero-order valence-electron chi connectivity index (χ0n) is 15.3. The van der Waals surface area contributed by atoms with Gasteiger partial charge in [-0.15, -0.1) is 10.2 Å². The molecule has 2 heterocycles. The van der Waals surface area contributed by atoms with Crippen LogP contribution in [0, 0.1) is 5.92 Å². The van der Waals surface area contributed by atoms with Gasteiger partial charge >= 0.3 is 5.97 Å². The summed E-state index contributed by atoms with van der Waals surface area (Å²) in [5.74, 6) is 2.13. The molecule has 6 nitrogen and oxygen atoms in total. The van der Waals surface area contributed by atoms with Gasteiger partial charge in [-0.05, 0) is 29.5 Å². The molecular formula is C19H25N3O3. The van der Waals surface area contributed by atoms with Gasteiger partial charge in [-0.3, -0.25) is 4.79 Å². The van der Waals surface area contributed by atoms with Crippen molar-refractivity contribution in [1.29, 1.82) is 0 Å². The number of benzene rings is 1. The molecule has 0 saturated heterocycles. The van der Waals surface area contributed by atoms with Gasteiger partial charge in [-0.2, -0.15) is 0 Å². The van der Waals surface area contributed by atoms with Crippen LogP contribution < -0.4 is 4.74 Å². The van der Waals surface area contributed by atoms with Crippen LogP contribution in [-0.2, 0) is 34.5 Å². The van der Waals surface area contributed by atoms with Crippen molar-refractivity contribution in [2.75, 3.05) is 7.11 Å².